The molecule has 2 unspecified atom stereocenters. The molecule has 1 aliphatic rings. The molecule has 7 nitrogen and oxygen atoms in total. The SMILES string of the molecule is CC(=O)N(c1ccc(Cl)cc1)C1CC(C)N(C(=O)c2ccc3c(c2)nnn3C(C)C)c2ccccc21. The van der Waals surface area contributed by atoms with Crippen molar-refractivity contribution >= 4 is 45.8 Å². The van der Waals surface area contributed by atoms with Crippen molar-refractivity contribution in [3.8, 4) is 0 Å². The van der Waals surface area contributed by atoms with Gasteiger partial charge in [-0.25, -0.2) is 4.68 Å². The second kappa shape index (κ2) is 9.39. The lowest BCUT2D eigenvalue weighted by Gasteiger charge is -2.43. The molecule has 0 saturated heterocycles. The van der Waals surface area contributed by atoms with E-state index in [9.17, 15) is 9.59 Å². The van der Waals surface area contributed by atoms with Crippen LogP contribution in [0.1, 0.15) is 62.1 Å². The van der Waals surface area contributed by atoms with E-state index in [4.69, 9.17) is 11.6 Å². The molecule has 184 valence electrons. The molecule has 2 heterocycles. The van der Waals surface area contributed by atoms with Crippen LogP contribution in [-0.2, 0) is 4.79 Å². The van der Waals surface area contributed by atoms with E-state index in [-0.39, 0.29) is 29.9 Å². The zero-order valence-electron chi connectivity index (χ0n) is 20.7. The number of rotatable bonds is 4. The summed E-state index contributed by atoms with van der Waals surface area (Å²) in [5.41, 5.74) is 4.65. The molecule has 1 aliphatic heterocycles. The molecule has 0 bridgehead atoms. The number of amides is 2. The molecule has 5 rings (SSSR count). The van der Waals surface area contributed by atoms with Gasteiger partial charge in [-0.1, -0.05) is 35.0 Å². The van der Waals surface area contributed by atoms with E-state index in [0.717, 1.165) is 22.5 Å². The van der Waals surface area contributed by atoms with Crippen molar-refractivity contribution in [2.45, 2.75) is 52.2 Å². The van der Waals surface area contributed by atoms with Gasteiger partial charge in [-0.15, -0.1) is 5.10 Å². The molecule has 2 atom stereocenters. The number of anilines is 2. The van der Waals surface area contributed by atoms with Crippen LogP contribution < -0.4 is 9.80 Å². The van der Waals surface area contributed by atoms with E-state index in [1.165, 1.54) is 0 Å². The van der Waals surface area contributed by atoms with E-state index in [1.807, 2.05) is 78.9 Å². The van der Waals surface area contributed by atoms with Crippen LogP contribution in [0.4, 0.5) is 11.4 Å². The Kier molecular flexibility index (Phi) is 6.26. The van der Waals surface area contributed by atoms with Gasteiger partial charge in [0.2, 0.25) is 5.91 Å². The fourth-order valence-electron chi connectivity index (χ4n) is 5.11. The smallest absolute Gasteiger partial charge is 0.258 e. The molecule has 0 spiro atoms. The van der Waals surface area contributed by atoms with Gasteiger partial charge >= 0.3 is 0 Å². The number of halogens is 1. The van der Waals surface area contributed by atoms with Crippen LogP contribution in [0.25, 0.3) is 11.0 Å². The van der Waals surface area contributed by atoms with Crippen LogP contribution in [0.5, 0.6) is 0 Å². The van der Waals surface area contributed by atoms with Gasteiger partial charge in [0.05, 0.1) is 11.6 Å². The van der Waals surface area contributed by atoms with Crippen LogP contribution in [-0.4, -0.2) is 32.9 Å². The number of benzene rings is 3. The highest BCUT2D eigenvalue weighted by Crippen LogP contribution is 2.43. The lowest BCUT2D eigenvalue weighted by molar-refractivity contribution is -0.117. The lowest BCUT2D eigenvalue weighted by atomic mass is 9.89. The minimum absolute atomic E-state index is 0.0669. The fourth-order valence-corrected chi connectivity index (χ4v) is 5.24. The summed E-state index contributed by atoms with van der Waals surface area (Å²) in [5, 5.41) is 9.12. The van der Waals surface area contributed by atoms with Crippen molar-refractivity contribution in [3.05, 3.63) is 82.9 Å². The van der Waals surface area contributed by atoms with Gasteiger partial charge in [0.15, 0.2) is 0 Å². The first-order valence-corrected chi connectivity index (χ1v) is 12.5. The molecule has 0 radical (unpaired) electrons. The monoisotopic (exact) mass is 501 g/mol. The molecule has 0 fully saturated rings. The van der Waals surface area contributed by atoms with Crippen LogP contribution >= 0.6 is 11.6 Å². The minimum atomic E-state index is -0.215. The van der Waals surface area contributed by atoms with E-state index in [0.29, 0.717) is 22.5 Å². The quantitative estimate of drug-likeness (QED) is 0.334. The maximum absolute atomic E-state index is 13.9. The van der Waals surface area contributed by atoms with Crippen LogP contribution in [0, 0.1) is 0 Å². The zero-order chi connectivity index (χ0) is 25.6. The molecule has 1 aromatic heterocycles. The highest BCUT2D eigenvalue weighted by Gasteiger charge is 2.38. The van der Waals surface area contributed by atoms with Crippen LogP contribution in [0.15, 0.2) is 66.7 Å². The van der Waals surface area contributed by atoms with Crippen LogP contribution in [0.2, 0.25) is 5.02 Å². The molecular weight excluding hydrogens is 474 g/mol. The van der Waals surface area contributed by atoms with Gasteiger partial charge < -0.3 is 9.80 Å². The second-order valence-corrected chi connectivity index (χ2v) is 9.97. The van der Waals surface area contributed by atoms with Crippen molar-refractivity contribution in [1.82, 2.24) is 15.0 Å². The Bertz CT molecular complexity index is 1450. The Morgan fingerprint density at radius 1 is 1.06 bits per heavy atom. The average molecular weight is 502 g/mol. The topological polar surface area (TPSA) is 71.3 Å². The van der Waals surface area contributed by atoms with Gasteiger partial charge in [-0.05, 0) is 81.3 Å². The minimum Gasteiger partial charge on any atom is -0.305 e. The summed E-state index contributed by atoms with van der Waals surface area (Å²) in [5.74, 6) is -0.168. The first-order chi connectivity index (χ1) is 17.3. The van der Waals surface area contributed by atoms with Crippen molar-refractivity contribution in [2.75, 3.05) is 9.80 Å². The fraction of sp³-hybridized carbons (Fsp3) is 0.286. The summed E-state index contributed by atoms with van der Waals surface area (Å²) >= 11 is 6.09. The van der Waals surface area contributed by atoms with Crippen molar-refractivity contribution in [3.63, 3.8) is 0 Å². The Morgan fingerprint density at radius 3 is 2.47 bits per heavy atom. The number of para-hydroxylation sites is 1. The summed E-state index contributed by atoms with van der Waals surface area (Å²) in [6.07, 6.45) is 0.594. The van der Waals surface area contributed by atoms with E-state index in [1.54, 1.807) is 30.0 Å². The average Bonchev–Trinajstić information content (AvgIpc) is 3.28. The standard InChI is InChI=1S/C28H28ClN5O2/c1-17(2)34-26-14-9-20(16-24(26)30-31-34)28(36)32-18(3)15-27(23-7-5-6-8-25(23)32)33(19(4)35)22-12-10-21(29)11-13-22/h5-14,16-18,27H,15H2,1-4H3. The van der Waals surface area contributed by atoms with Crippen molar-refractivity contribution in [2.24, 2.45) is 0 Å². The Morgan fingerprint density at radius 2 is 1.78 bits per heavy atom. The first kappa shape index (κ1) is 24.0. The molecule has 0 N–H and O–H groups in total. The molecular formula is C28H28ClN5O2. The van der Waals surface area contributed by atoms with Crippen molar-refractivity contribution in [1.29, 1.82) is 0 Å². The molecule has 0 aliphatic carbocycles. The third-order valence-corrected chi connectivity index (χ3v) is 6.99. The molecule has 3 aromatic carbocycles. The number of aromatic nitrogens is 3. The summed E-state index contributed by atoms with van der Waals surface area (Å²) in [6, 6.07) is 20.5. The van der Waals surface area contributed by atoms with Crippen LogP contribution in [0.3, 0.4) is 0 Å². The highest BCUT2D eigenvalue weighted by molar-refractivity contribution is 6.30. The second-order valence-electron chi connectivity index (χ2n) is 9.53. The van der Waals surface area contributed by atoms with Gasteiger partial charge in [0, 0.05) is 41.0 Å². The maximum Gasteiger partial charge on any atom is 0.258 e. The zero-order valence-corrected chi connectivity index (χ0v) is 21.5. The highest BCUT2D eigenvalue weighted by atomic mass is 35.5. The van der Waals surface area contributed by atoms with Gasteiger partial charge in [0.1, 0.15) is 5.52 Å². The number of nitrogens with zero attached hydrogens (tertiary/aromatic N) is 5. The number of carbonyl (C=O) groups is 2. The largest absolute Gasteiger partial charge is 0.305 e. The predicted molar refractivity (Wildman–Crippen MR) is 143 cm³/mol. The molecule has 8 heteroatoms. The summed E-state index contributed by atoms with van der Waals surface area (Å²) < 4.78 is 1.85. The summed E-state index contributed by atoms with van der Waals surface area (Å²) in [4.78, 5) is 30.3. The normalized spacial score (nSPS) is 17.3. The van der Waals surface area contributed by atoms with E-state index in [2.05, 4.69) is 10.3 Å². The Balaban J connectivity index is 1.54. The molecule has 0 saturated carbocycles. The first-order valence-electron chi connectivity index (χ1n) is 12.1. The Labute approximate surface area is 215 Å². The summed E-state index contributed by atoms with van der Waals surface area (Å²) in [7, 11) is 0. The lowest BCUT2D eigenvalue weighted by Crippen LogP contribution is -2.47. The van der Waals surface area contributed by atoms with Gasteiger partial charge in [0.25, 0.3) is 5.91 Å². The van der Waals surface area contributed by atoms with Crippen molar-refractivity contribution < 1.29 is 9.59 Å². The maximum atomic E-state index is 13.9. The third-order valence-electron chi connectivity index (χ3n) is 6.74. The molecule has 2 amide bonds. The van der Waals surface area contributed by atoms with Gasteiger partial charge in [-0.3, -0.25) is 9.59 Å². The van der Waals surface area contributed by atoms with Gasteiger partial charge in [-0.2, -0.15) is 0 Å². The summed E-state index contributed by atoms with van der Waals surface area (Å²) in [6.45, 7) is 7.68. The predicted octanol–water partition coefficient (Wildman–Crippen LogP) is 6.20. The molecule has 4 aromatic rings. The molecule has 36 heavy (non-hydrogen) atoms. The number of hydrogen-bond acceptors (Lipinski definition) is 4. The Hall–Kier alpha value is -3.71. The third kappa shape index (κ3) is 4.13. The van der Waals surface area contributed by atoms with E-state index >= 15 is 0 Å². The van der Waals surface area contributed by atoms with E-state index < -0.39 is 0 Å². The number of carbonyl (C=O) groups excluding carboxylic acids is 2. The number of fused-ring (bicyclic) bond motifs is 2. The number of hydrogen-bond donors (Lipinski definition) is 0.